The zero-order chi connectivity index (χ0) is 10.3. The SMILES string of the molecule is FC(F)(F)c1ccc2nnn(P)c2c1. The van der Waals surface area contributed by atoms with Crippen molar-refractivity contribution in [3.63, 3.8) is 0 Å². The second kappa shape index (κ2) is 2.92. The first kappa shape index (κ1) is 9.40. The van der Waals surface area contributed by atoms with E-state index in [1.165, 1.54) is 10.5 Å². The Kier molecular flexibility index (Phi) is 1.96. The van der Waals surface area contributed by atoms with Gasteiger partial charge in [-0.2, -0.15) is 13.2 Å². The first-order valence-electron chi connectivity index (χ1n) is 3.66. The van der Waals surface area contributed by atoms with Gasteiger partial charge in [-0.05, 0) is 27.6 Å². The molecule has 0 radical (unpaired) electrons. The van der Waals surface area contributed by atoms with E-state index in [2.05, 4.69) is 19.7 Å². The molecule has 14 heavy (non-hydrogen) atoms. The van der Waals surface area contributed by atoms with E-state index in [0.717, 1.165) is 12.1 Å². The maximum atomic E-state index is 12.3. The summed E-state index contributed by atoms with van der Waals surface area (Å²) in [5, 5.41) is 7.25. The van der Waals surface area contributed by atoms with Gasteiger partial charge in [0, 0.05) is 0 Å². The lowest BCUT2D eigenvalue weighted by Gasteiger charge is -2.05. The number of aromatic nitrogens is 3. The fourth-order valence-electron chi connectivity index (χ4n) is 1.11. The van der Waals surface area contributed by atoms with Crippen LogP contribution in [0.15, 0.2) is 18.2 Å². The molecule has 0 saturated carbocycles. The van der Waals surface area contributed by atoms with Crippen molar-refractivity contribution in [3.05, 3.63) is 23.8 Å². The Bertz CT molecular complexity index is 476. The molecule has 7 heteroatoms. The van der Waals surface area contributed by atoms with E-state index in [-0.39, 0.29) is 0 Å². The molecular formula is C7H5F3N3P. The number of rotatable bonds is 0. The molecule has 1 aromatic carbocycles. The highest BCUT2D eigenvalue weighted by atomic mass is 31.0. The quantitative estimate of drug-likeness (QED) is 0.635. The largest absolute Gasteiger partial charge is 0.416 e. The highest BCUT2D eigenvalue weighted by molar-refractivity contribution is 7.14. The summed E-state index contributed by atoms with van der Waals surface area (Å²) >= 11 is 0. The molecule has 1 aromatic heterocycles. The summed E-state index contributed by atoms with van der Waals surface area (Å²) in [5.41, 5.74) is 0.0776. The molecule has 0 amide bonds. The lowest BCUT2D eigenvalue weighted by atomic mass is 10.2. The average molecular weight is 219 g/mol. The predicted molar refractivity (Wildman–Crippen MR) is 47.6 cm³/mol. The van der Waals surface area contributed by atoms with E-state index in [0.29, 0.717) is 11.0 Å². The number of benzene rings is 1. The highest BCUT2D eigenvalue weighted by Gasteiger charge is 2.30. The summed E-state index contributed by atoms with van der Waals surface area (Å²) in [4.78, 5) is 0. The summed E-state index contributed by atoms with van der Waals surface area (Å²) in [6.07, 6.45) is -4.33. The fourth-order valence-corrected chi connectivity index (χ4v) is 1.37. The van der Waals surface area contributed by atoms with Gasteiger partial charge in [0.15, 0.2) is 0 Å². The van der Waals surface area contributed by atoms with Crippen LogP contribution in [0, 0.1) is 0 Å². The van der Waals surface area contributed by atoms with Gasteiger partial charge in [-0.1, -0.05) is 5.21 Å². The standard InChI is InChI=1S/C7H5F3N3P/c8-7(9,10)4-1-2-5-6(3-4)13(14)12-11-5/h1-3H,14H2. The van der Waals surface area contributed by atoms with Crippen LogP contribution in [0.1, 0.15) is 5.56 Å². The average Bonchev–Trinajstić information content (AvgIpc) is 2.46. The second-order valence-electron chi connectivity index (χ2n) is 2.74. The van der Waals surface area contributed by atoms with Crippen molar-refractivity contribution in [2.24, 2.45) is 0 Å². The molecule has 1 unspecified atom stereocenters. The molecule has 74 valence electrons. The lowest BCUT2D eigenvalue weighted by molar-refractivity contribution is -0.137. The van der Waals surface area contributed by atoms with Gasteiger partial charge >= 0.3 is 6.18 Å². The van der Waals surface area contributed by atoms with Crippen molar-refractivity contribution >= 4 is 20.4 Å². The monoisotopic (exact) mass is 219 g/mol. The topological polar surface area (TPSA) is 30.7 Å². The smallest absolute Gasteiger partial charge is 0.231 e. The first-order chi connectivity index (χ1) is 6.48. The van der Waals surface area contributed by atoms with Gasteiger partial charge in [-0.25, -0.2) is 4.45 Å². The Morgan fingerprint density at radius 1 is 1.29 bits per heavy atom. The van der Waals surface area contributed by atoms with E-state index in [1.807, 2.05) is 0 Å². The van der Waals surface area contributed by atoms with Crippen molar-refractivity contribution in [3.8, 4) is 0 Å². The molecule has 0 spiro atoms. The Morgan fingerprint density at radius 2 is 2.00 bits per heavy atom. The number of fused-ring (bicyclic) bond motifs is 1. The summed E-state index contributed by atoms with van der Waals surface area (Å²) in [5.74, 6) is 0. The van der Waals surface area contributed by atoms with Gasteiger partial charge in [0.25, 0.3) is 0 Å². The van der Waals surface area contributed by atoms with E-state index in [1.54, 1.807) is 0 Å². The van der Waals surface area contributed by atoms with Gasteiger partial charge in [0.1, 0.15) is 5.52 Å². The maximum Gasteiger partial charge on any atom is 0.416 e. The normalized spacial score (nSPS) is 12.3. The molecule has 2 rings (SSSR count). The van der Waals surface area contributed by atoms with Crippen LogP contribution in [0.4, 0.5) is 13.2 Å². The number of alkyl halides is 3. The third-order valence-electron chi connectivity index (χ3n) is 1.80. The van der Waals surface area contributed by atoms with Crippen LogP contribution in [-0.2, 0) is 6.18 Å². The first-order valence-corrected chi connectivity index (χ1v) is 4.18. The molecule has 0 aliphatic rings. The second-order valence-corrected chi connectivity index (χ2v) is 3.22. The Balaban J connectivity index is 2.66. The van der Waals surface area contributed by atoms with E-state index in [9.17, 15) is 13.2 Å². The minimum atomic E-state index is -4.33. The van der Waals surface area contributed by atoms with Crippen LogP contribution in [0.5, 0.6) is 0 Å². The van der Waals surface area contributed by atoms with Crippen LogP contribution < -0.4 is 0 Å². The van der Waals surface area contributed by atoms with Crippen LogP contribution >= 0.6 is 9.39 Å². The molecule has 2 aromatic rings. The van der Waals surface area contributed by atoms with Crippen molar-refractivity contribution < 1.29 is 13.2 Å². The molecule has 0 N–H and O–H groups in total. The summed E-state index contributed by atoms with van der Waals surface area (Å²) in [6.45, 7) is 0. The molecular weight excluding hydrogens is 214 g/mol. The molecule has 3 nitrogen and oxygen atoms in total. The van der Waals surface area contributed by atoms with Gasteiger partial charge in [-0.15, -0.1) is 5.10 Å². The molecule has 1 heterocycles. The minimum absolute atomic E-state index is 0.338. The molecule has 0 fully saturated rings. The third-order valence-corrected chi connectivity index (χ3v) is 2.18. The third kappa shape index (κ3) is 1.46. The molecule has 0 aliphatic heterocycles. The molecule has 1 atom stereocenters. The van der Waals surface area contributed by atoms with Gasteiger partial charge < -0.3 is 0 Å². The van der Waals surface area contributed by atoms with Crippen molar-refractivity contribution in [2.45, 2.75) is 6.18 Å². The van der Waals surface area contributed by atoms with Gasteiger partial charge in [0.2, 0.25) is 0 Å². The number of halogens is 3. The fraction of sp³-hybridized carbons (Fsp3) is 0.143. The van der Waals surface area contributed by atoms with E-state index < -0.39 is 11.7 Å². The number of hydrogen-bond acceptors (Lipinski definition) is 2. The summed E-state index contributed by atoms with van der Waals surface area (Å²) < 4.78 is 38.1. The van der Waals surface area contributed by atoms with E-state index >= 15 is 0 Å². The number of hydrogen-bond donors (Lipinski definition) is 0. The molecule has 0 saturated heterocycles. The summed E-state index contributed by atoms with van der Waals surface area (Å²) in [7, 11) is 2.17. The van der Waals surface area contributed by atoms with Crippen LogP contribution in [0.25, 0.3) is 11.0 Å². The predicted octanol–water partition coefficient (Wildman–Crippen LogP) is 2.09. The summed E-state index contributed by atoms with van der Waals surface area (Å²) in [6, 6.07) is 3.30. The zero-order valence-corrected chi connectivity index (χ0v) is 7.94. The van der Waals surface area contributed by atoms with Crippen molar-refractivity contribution in [2.75, 3.05) is 0 Å². The lowest BCUT2D eigenvalue weighted by Crippen LogP contribution is -2.04. The maximum absolute atomic E-state index is 12.3. The van der Waals surface area contributed by atoms with Gasteiger partial charge in [-0.3, -0.25) is 0 Å². The Hall–Kier alpha value is -1.16. The zero-order valence-electron chi connectivity index (χ0n) is 6.78. The Morgan fingerprint density at radius 3 is 2.64 bits per heavy atom. The highest BCUT2D eigenvalue weighted by Crippen LogP contribution is 2.31. The Labute approximate surface area is 79.2 Å². The van der Waals surface area contributed by atoms with Crippen LogP contribution in [0.3, 0.4) is 0 Å². The van der Waals surface area contributed by atoms with E-state index in [4.69, 9.17) is 0 Å². The van der Waals surface area contributed by atoms with Crippen molar-refractivity contribution in [1.29, 1.82) is 0 Å². The molecule has 0 aliphatic carbocycles. The number of nitrogens with zero attached hydrogens (tertiary/aromatic N) is 3. The van der Waals surface area contributed by atoms with Crippen LogP contribution in [0.2, 0.25) is 0 Å². The van der Waals surface area contributed by atoms with Crippen LogP contribution in [-0.4, -0.2) is 14.8 Å². The van der Waals surface area contributed by atoms with Crippen molar-refractivity contribution in [1.82, 2.24) is 14.8 Å². The molecule has 0 bridgehead atoms. The van der Waals surface area contributed by atoms with Gasteiger partial charge in [0.05, 0.1) is 11.1 Å². The minimum Gasteiger partial charge on any atom is -0.231 e.